The molecule has 18 heavy (non-hydrogen) atoms. The van der Waals surface area contributed by atoms with E-state index in [0.29, 0.717) is 5.02 Å². The minimum absolute atomic E-state index is 0.121. The Labute approximate surface area is 112 Å². The van der Waals surface area contributed by atoms with Gasteiger partial charge in [0.15, 0.2) is 0 Å². The van der Waals surface area contributed by atoms with E-state index in [0.717, 1.165) is 30.0 Å². The number of aryl methyl sites for hydroxylation is 1. The molecule has 2 N–H and O–H groups in total. The molecule has 0 aliphatic heterocycles. The number of anilines is 1. The Balaban J connectivity index is 2.17. The van der Waals surface area contributed by atoms with Crippen LogP contribution in [0, 0.1) is 0 Å². The van der Waals surface area contributed by atoms with Gasteiger partial charge in [-0.05, 0) is 36.5 Å². The summed E-state index contributed by atoms with van der Waals surface area (Å²) in [6.45, 7) is 4.44. The fourth-order valence-electron chi connectivity index (χ4n) is 2.75. The topological polar surface area (TPSA) is 43.8 Å². The molecule has 0 saturated heterocycles. The summed E-state index contributed by atoms with van der Waals surface area (Å²) in [6, 6.07) is 7.61. The van der Waals surface area contributed by atoms with Crippen molar-refractivity contribution in [2.24, 2.45) is 0 Å². The number of aromatic nitrogens is 2. The molecular formula is C14H16ClN3. The van der Waals surface area contributed by atoms with Gasteiger partial charge in [0.25, 0.3) is 0 Å². The minimum Gasteiger partial charge on any atom is -0.383 e. The molecule has 94 valence electrons. The summed E-state index contributed by atoms with van der Waals surface area (Å²) in [7, 11) is 0. The van der Waals surface area contributed by atoms with Crippen molar-refractivity contribution < 1.29 is 0 Å². The molecule has 0 fully saturated rings. The van der Waals surface area contributed by atoms with E-state index in [1.807, 2.05) is 24.3 Å². The van der Waals surface area contributed by atoms with E-state index in [1.54, 1.807) is 4.68 Å². The van der Waals surface area contributed by atoms with Crippen molar-refractivity contribution in [2.45, 2.75) is 32.1 Å². The number of nitrogen functional groups attached to an aromatic ring is 1. The molecule has 4 heteroatoms. The van der Waals surface area contributed by atoms with E-state index >= 15 is 0 Å². The van der Waals surface area contributed by atoms with Gasteiger partial charge in [-0.15, -0.1) is 0 Å². The average Bonchev–Trinajstić information content (AvgIpc) is 2.79. The largest absolute Gasteiger partial charge is 0.383 e. The van der Waals surface area contributed by atoms with Gasteiger partial charge in [0.2, 0.25) is 0 Å². The molecule has 1 aliphatic rings. The van der Waals surface area contributed by atoms with Crippen LogP contribution in [-0.4, -0.2) is 9.78 Å². The molecule has 1 aromatic heterocycles. The van der Waals surface area contributed by atoms with Gasteiger partial charge in [-0.25, -0.2) is 4.68 Å². The SMILES string of the molecule is CC1(C)CCc2nn(-c3cccc(Cl)c3)c(N)c21. The van der Waals surface area contributed by atoms with Gasteiger partial charge >= 0.3 is 0 Å². The van der Waals surface area contributed by atoms with Crippen LogP contribution < -0.4 is 5.73 Å². The summed E-state index contributed by atoms with van der Waals surface area (Å²) >= 11 is 6.02. The molecule has 3 nitrogen and oxygen atoms in total. The molecule has 0 saturated carbocycles. The minimum atomic E-state index is 0.121. The zero-order valence-electron chi connectivity index (χ0n) is 10.6. The van der Waals surface area contributed by atoms with E-state index in [4.69, 9.17) is 17.3 Å². The van der Waals surface area contributed by atoms with Crippen molar-refractivity contribution in [3.05, 3.63) is 40.5 Å². The molecule has 0 bridgehead atoms. The first-order chi connectivity index (χ1) is 8.49. The molecule has 0 amide bonds. The lowest BCUT2D eigenvalue weighted by Crippen LogP contribution is -2.15. The highest BCUT2D eigenvalue weighted by molar-refractivity contribution is 6.30. The van der Waals surface area contributed by atoms with Crippen LogP contribution in [0.4, 0.5) is 5.82 Å². The maximum absolute atomic E-state index is 6.27. The summed E-state index contributed by atoms with van der Waals surface area (Å²) in [5.74, 6) is 0.745. The fourth-order valence-corrected chi connectivity index (χ4v) is 2.94. The van der Waals surface area contributed by atoms with Crippen molar-refractivity contribution in [2.75, 3.05) is 5.73 Å². The van der Waals surface area contributed by atoms with Crippen LogP contribution in [0.3, 0.4) is 0 Å². The van der Waals surface area contributed by atoms with Crippen LogP contribution >= 0.6 is 11.6 Å². The number of nitrogens with two attached hydrogens (primary N) is 1. The molecule has 1 aromatic carbocycles. The summed E-state index contributed by atoms with van der Waals surface area (Å²) in [6.07, 6.45) is 2.12. The average molecular weight is 262 g/mol. The number of halogens is 1. The molecule has 0 unspecified atom stereocenters. The summed E-state index contributed by atoms with van der Waals surface area (Å²) in [5.41, 5.74) is 9.63. The number of benzene rings is 1. The Morgan fingerprint density at radius 2 is 2.17 bits per heavy atom. The van der Waals surface area contributed by atoms with E-state index in [1.165, 1.54) is 5.56 Å². The number of hydrogen-bond acceptors (Lipinski definition) is 2. The quantitative estimate of drug-likeness (QED) is 0.856. The van der Waals surface area contributed by atoms with Crippen molar-refractivity contribution >= 4 is 17.4 Å². The summed E-state index contributed by atoms with van der Waals surface area (Å²) < 4.78 is 1.80. The zero-order valence-corrected chi connectivity index (χ0v) is 11.3. The lowest BCUT2D eigenvalue weighted by Gasteiger charge is -2.18. The first kappa shape index (κ1) is 11.6. The maximum atomic E-state index is 6.27. The molecule has 3 rings (SSSR count). The third-order valence-electron chi connectivity index (χ3n) is 3.71. The van der Waals surface area contributed by atoms with Gasteiger partial charge < -0.3 is 5.73 Å². The molecular weight excluding hydrogens is 246 g/mol. The van der Waals surface area contributed by atoms with Crippen LogP contribution in [-0.2, 0) is 11.8 Å². The van der Waals surface area contributed by atoms with Crippen LogP contribution in [0.25, 0.3) is 5.69 Å². The third kappa shape index (κ3) is 1.62. The third-order valence-corrected chi connectivity index (χ3v) is 3.95. The van der Waals surface area contributed by atoms with E-state index in [-0.39, 0.29) is 5.41 Å². The predicted molar refractivity (Wildman–Crippen MR) is 74.3 cm³/mol. The van der Waals surface area contributed by atoms with Crippen LogP contribution in [0.5, 0.6) is 0 Å². The second-order valence-corrected chi connectivity index (χ2v) is 5.92. The molecule has 1 aliphatic carbocycles. The lowest BCUT2D eigenvalue weighted by atomic mass is 9.87. The predicted octanol–water partition coefficient (Wildman–Crippen LogP) is 3.33. The second-order valence-electron chi connectivity index (χ2n) is 5.48. The van der Waals surface area contributed by atoms with Crippen molar-refractivity contribution in [3.63, 3.8) is 0 Å². The first-order valence-electron chi connectivity index (χ1n) is 6.13. The van der Waals surface area contributed by atoms with Crippen molar-refractivity contribution in [1.82, 2.24) is 9.78 Å². The maximum Gasteiger partial charge on any atom is 0.131 e. The van der Waals surface area contributed by atoms with Gasteiger partial charge in [-0.1, -0.05) is 31.5 Å². The second kappa shape index (κ2) is 3.75. The molecule has 2 aromatic rings. The Hall–Kier alpha value is -1.48. The smallest absolute Gasteiger partial charge is 0.131 e. The van der Waals surface area contributed by atoms with Crippen LogP contribution in [0.1, 0.15) is 31.5 Å². The van der Waals surface area contributed by atoms with Crippen molar-refractivity contribution in [3.8, 4) is 5.69 Å². The highest BCUT2D eigenvalue weighted by atomic mass is 35.5. The van der Waals surface area contributed by atoms with Gasteiger partial charge in [0, 0.05) is 10.6 Å². The zero-order chi connectivity index (χ0) is 12.9. The number of hydrogen-bond donors (Lipinski definition) is 1. The van der Waals surface area contributed by atoms with Gasteiger partial charge in [-0.3, -0.25) is 0 Å². The Morgan fingerprint density at radius 3 is 2.83 bits per heavy atom. The Kier molecular flexibility index (Phi) is 2.42. The van der Waals surface area contributed by atoms with Crippen LogP contribution in [0.2, 0.25) is 5.02 Å². The van der Waals surface area contributed by atoms with E-state index in [9.17, 15) is 0 Å². The fraction of sp³-hybridized carbons (Fsp3) is 0.357. The number of rotatable bonds is 1. The molecule has 0 atom stereocenters. The molecule has 0 spiro atoms. The summed E-state index contributed by atoms with van der Waals surface area (Å²) in [5, 5.41) is 5.33. The lowest BCUT2D eigenvalue weighted by molar-refractivity contribution is 0.519. The highest BCUT2D eigenvalue weighted by Crippen LogP contribution is 2.42. The van der Waals surface area contributed by atoms with Gasteiger partial charge in [0.1, 0.15) is 5.82 Å². The van der Waals surface area contributed by atoms with Crippen LogP contribution in [0.15, 0.2) is 24.3 Å². The monoisotopic (exact) mass is 261 g/mol. The number of fused-ring (bicyclic) bond motifs is 1. The normalized spacial score (nSPS) is 16.8. The Bertz CT molecular complexity index is 613. The Morgan fingerprint density at radius 1 is 1.39 bits per heavy atom. The standard InChI is InChI=1S/C14H16ClN3/c1-14(2)7-6-11-12(14)13(16)18(17-11)10-5-3-4-9(15)8-10/h3-5,8H,6-7,16H2,1-2H3. The molecule has 0 radical (unpaired) electrons. The first-order valence-corrected chi connectivity index (χ1v) is 6.50. The number of nitrogens with zero attached hydrogens (tertiary/aromatic N) is 2. The van der Waals surface area contributed by atoms with E-state index < -0.39 is 0 Å². The van der Waals surface area contributed by atoms with Gasteiger partial charge in [0.05, 0.1) is 11.4 Å². The summed E-state index contributed by atoms with van der Waals surface area (Å²) in [4.78, 5) is 0. The van der Waals surface area contributed by atoms with Gasteiger partial charge in [-0.2, -0.15) is 5.10 Å². The van der Waals surface area contributed by atoms with Crippen molar-refractivity contribution in [1.29, 1.82) is 0 Å². The molecule has 1 heterocycles. The highest BCUT2D eigenvalue weighted by Gasteiger charge is 2.35. The van der Waals surface area contributed by atoms with E-state index in [2.05, 4.69) is 18.9 Å².